The van der Waals surface area contributed by atoms with Gasteiger partial charge in [0.1, 0.15) is 5.75 Å². The highest BCUT2D eigenvalue weighted by Gasteiger charge is 2.16. The number of rotatable bonds is 4. The molecule has 0 radical (unpaired) electrons. The number of carbonyl (C=O) groups excluding carboxylic acids is 1. The highest BCUT2D eigenvalue weighted by Crippen LogP contribution is 2.28. The summed E-state index contributed by atoms with van der Waals surface area (Å²) in [4.78, 5) is 12.2. The molecule has 0 aliphatic carbocycles. The van der Waals surface area contributed by atoms with E-state index < -0.39 is 6.10 Å². The summed E-state index contributed by atoms with van der Waals surface area (Å²) < 4.78 is 6.56. The molecule has 6 heteroatoms. The molecule has 3 nitrogen and oxygen atoms in total. The zero-order chi connectivity index (χ0) is 16.3. The minimum atomic E-state index is -0.692. The third kappa shape index (κ3) is 4.38. The van der Waals surface area contributed by atoms with Crippen LogP contribution in [0.3, 0.4) is 0 Å². The molecule has 0 fully saturated rings. The Hall–Kier alpha value is -1.23. The van der Waals surface area contributed by atoms with E-state index in [-0.39, 0.29) is 5.91 Å². The normalized spacial score (nSPS) is 11.9. The maximum absolute atomic E-state index is 12.2. The summed E-state index contributed by atoms with van der Waals surface area (Å²) in [6, 6.07) is 10.4. The first-order valence-corrected chi connectivity index (χ1v) is 8.10. The van der Waals surface area contributed by atoms with Crippen LogP contribution in [0.2, 0.25) is 10.0 Å². The average Bonchev–Trinajstić information content (AvgIpc) is 2.45. The second kappa shape index (κ2) is 7.36. The van der Waals surface area contributed by atoms with Crippen LogP contribution in [0.5, 0.6) is 5.75 Å². The van der Waals surface area contributed by atoms with E-state index in [4.69, 9.17) is 27.9 Å². The lowest BCUT2D eigenvalue weighted by Gasteiger charge is -2.16. The van der Waals surface area contributed by atoms with Gasteiger partial charge in [-0.2, -0.15) is 0 Å². The van der Waals surface area contributed by atoms with E-state index in [1.165, 1.54) is 0 Å². The van der Waals surface area contributed by atoms with Gasteiger partial charge >= 0.3 is 0 Å². The predicted molar refractivity (Wildman–Crippen MR) is 94.1 cm³/mol. The minimum absolute atomic E-state index is 0.257. The number of carbonyl (C=O) groups is 1. The van der Waals surface area contributed by atoms with Crippen molar-refractivity contribution in [3.8, 4) is 5.75 Å². The van der Waals surface area contributed by atoms with Gasteiger partial charge < -0.3 is 10.1 Å². The zero-order valence-electron chi connectivity index (χ0n) is 12.0. The van der Waals surface area contributed by atoms with Crippen molar-refractivity contribution in [3.05, 3.63) is 56.5 Å². The molecule has 1 N–H and O–H groups in total. The van der Waals surface area contributed by atoms with E-state index >= 15 is 0 Å². The van der Waals surface area contributed by atoms with E-state index in [2.05, 4.69) is 21.2 Å². The van der Waals surface area contributed by atoms with Gasteiger partial charge in [-0.05, 0) is 55.8 Å². The summed E-state index contributed by atoms with van der Waals surface area (Å²) in [5.41, 5.74) is 1.75. The molecule has 0 saturated carbocycles. The number of hydrogen-bond donors (Lipinski definition) is 1. The molecule has 0 spiro atoms. The maximum Gasteiger partial charge on any atom is 0.265 e. The van der Waals surface area contributed by atoms with Crippen molar-refractivity contribution in [3.63, 3.8) is 0 Å². The van der Waals surface area contributed by atoms with Gasteiger partial charge in [0.05, 0.1) is 5.02 Å². The Morgan fingerprint density at radius 2 is 1.95 bits per heavy atom. The van der Waals surface area contributed by atoms with Crippen molar-refractivity contribution in [2.24, 2.45) is 0 Å². The average molecular weight is 403 g/mol. The zero-order valence-corrected chi connectivity index (χ0v) is 15.1. The lowest BCUT2D eigenvalue weighted by atomic mass is 10.2. The Bertz CT molecular complexity index is 707. The SMILES string of the molecule is Cc1cc(NC(=O)[C@@H](C)Oc2ccc(Cl)cc2Cl)ccc1Br. The van der Waals surface area contributed by atoms with Crippen molar-refractivity contribution in [1.29, 1.82) is 0 Å². The van der Waals surface area contributed by atoms with Crippen molar-refractivity contribution in [2.45, 2.75) is 20.0 Å². The van der Waals surface area contributed by atoms with Gasteiger partial charge in [-0.15, -0.1) is 0 Å². The molecule has 0 heterocycles. The van der Waals surface area contributed by atoms with Gasteiger partial charge in [-0.25, -0.2) is 0 Å². The van der Waals surface area contributed by atoms with Gasteiger partial charge in [0.2, 0.25) is 0 Å². The van der Waals surface area contributed by atoms with Crippen molar-refractivity contribution in [1.82, 2.24) is 0 Å². The van der Waals surface area contributed by atoms with Gasteiger partial charge in [-0.3, -0.25) is 4.79 Å². The number of hydrogen-bond acceptors (Lipinski definition) is 2. The number of nitrogens with one attached hydrogen (secondary N) is 1. The van der Waals surface area contributed by atoms with Crippen molar-refractivity contribution >= 4 is 50.7 Å². The van der Waals surface area contributed by atoms with Gasteiger partial charge in [0.15, 0.2) is 6.10 Å². The Balaban J connectivity index is 2.04. The quantitative estimate of drug-likeness (QED) is 0.736. The van der Waals surface area contributed by atoms with Crippen LogP contribution in [0.15, 0.2) is 40.9 Å². The second-order valence-corrected chi connectivity index (χ2v) is 6.49. The van der Waals surface area contributed by atoms with E-state index in [1.54, 1.807) is 25.1 Å². The highest BCUT2D eigenvalue weighted by atomic mass is 79.9. The van der Waals surface area contributed by atoms with E-state index in [9.17, 15) is 4.79 Å². The van der Waals surface area contributed by atoms with E-state index in [0.29, 0.717) is 21.5 Å². The Morgan fingerprint density at radius 3 is 2.59 bits per heavy atom. The summed E-state index contributed by atoms with van der Waals surface area (Å²) in [5, 5.41) is 3.69. The molecule has 2 aromatic rings. The van der Waals surface area contributed by atoms with Crippen LogP contribution < -0.4 is 10.1 Å². The van der Waals surface area contributed by atoms with E-state index in [0.717, 1.165) is 10.0 Å². The van der Waals surface area contributed by atoms with Crippen LogP contribution in [0.4, 0.5) is 5.69 Å². The smallest absolute Gasteiger partial charge is 0.265 e. The van der Waals surface area contributed by atoms with Crippen LogP contribution in [0, 0.1) is 6.92 Å². The van der Waals surface area contributed by atoms with Gasteiger partial charge in [0, 0.05) is 15.2 Å². The number of halogens is 3. The molecule has 22 heavy (non-hydrogen) atoms. The molecule has 0 unspecified atom stereocenters. The van der Waals surface area contributed by atoms with Crippen LogP contribution in [0.25, 0.3) is 0 Å². The molecule has 1 atom stereocenters. The number of anilines is 1. The fourth-order valence-corrected chi connectivity index (χ4v) is 2.48. The van der Waals surface area contributed by atoms with Crippen molar-refractivity contribution in [2.75, 3.05) is 5.32 Å². The molecule has 2 aromatic carbocycles. The van der Waals surface area contributed by atoms with Crippen LogP contribution in [-0.4, -0.2) is 12.0 Å². The third-order valence-electron chi connectivity index (χ3n) is 2.99. The number of benzene rings is 2. The molecular weight excluding hydrogens is 389 g/mol. The summed E-state index contributed by atoms with van der Waals surface area (Å²) in [6.45, 7) is 3.61. The standard InChI is InChI=1S/C16H14BrCl2NO2/c1-9-7-12(4-5-13(9)17)20-16(21)10(2)22-15-6-3-11(18)8-14(15)19/h3-8,10H,1-2H3,(H,20,21)/t10-/m1/s1. The molecule has 2 rings (SSSR count). The first kappa shape index (κ1) is 17.1. The molecule has 0 bridgehead atoms. The minimum Gasteiger partial charge on any atom is -0.479 e. The Labute approximate surface area is 147 Å². The molecular formula is C16H14BrCl2NO2. The number of amides is 1. The fraction of sp³-hybridized carbons (Fsp3) is 0.188. The molecule has 0 aliphatic rings. The van der Waals surface area contributed by atoms with Crippen LogP contribution in [0.1, 0.15) is 12.5 Å². The molecule has 0 aliphatic heterocycles. The topological polar surface area (TPSA) is 38.3 Å². The summed E-state index contributed by atoms with van der Waals surface area (Å²) in [5.74, 6) is 0.161. The highest BCUT2D eigenvalue weighted by molar-refractivity contribution is 9.10. The monoisotopic (exact) mass is 401 g/mol. The number of aryl methyl sites for hydroxylation is 1. The third-order valence-corrected chi connectivity index (χ3v) is 4.41. The molecule has 0 saturated heterocycles. The van der Waals surface area contributed by atoms with Crippen molar-refractivity contribution < 1.29 is 9.53 Å². The van der Waals surface area contributed by atoms with Gasteiger partial charge in [-0.1, -0.05) is 39.1 Å². The first-order valence-electron chi connectivity index (χ1n) is 6.55. The van der Waals surface area contributed by atoms with E-state index in [1.807, 2.05) is 25.1 Å². The lowest BCUT2D eigenvalue weighted by molar-refractivity contribution is -0.122. The van der Waals surface area contributed by atoms with Gasteiger partial charge in [0.25, 0.3) is 5.91 Å². The number of ether oxygens (including phenoxy) is 1. The summed E-state index contributed by atoms with van der Waals surface area (Å²) >= 11 is 15.3. The largest absolute Gasteiger partial charge is 0.479 e. The summed E-state index contributed by atoms with van der Waals surface area (Å²) in [6.07, 6.45) is -0.692. The lowest BCUT2D eigenvalue weighted by Crippen LogP contribution is -2.30. The second-order valence-electron chi connectivity index (χ2n) is 4.79. The first-order chi connectivity index (χ1) is 10.4. The Morgan fingerprint density at radius 1 is 1.23 bits per heavy atom. The predicted octanol–water partition coefficient (Wildman–Crippen LogP) is 5.47. The molecule has 1 amide bonds. The maximum atomic E-state index is 12.2. The molecule has 0 aromatic heterocycles. The fourth-order valence-electron chi connectivity index (χ4n) is 1.78. The molecule has 116 valence electrons. The van der Waals surface area contributed by atoms with Crippen LogP contribution >= 0.6 is 39.1 Å². The van der Waals surface area contributed by atoms with Crippen LogP contribution in [-0.2, 0) is 4.79 Å². The Kier molecular flexibility index (Phi) is 5.73. The summed E-state index contributed by atoms with van der Waals surface area (Å²) in [7, 11) is 0.